The van der Waals surface area contributed by atoms with Crippen LogP contribution in [0.3, 0.4) is 0 Å². The molecule has 94 valence electrons. The fourth-order valence-corrected chi connectivity index (χ4v) is 2.68. The molecular weight excluding hydrogens is 220 g/mol. The van der Waals surface area contributed by atoms with E-state index < -0.39 is 5.67 Å². The van der Waals surface area contributed by atoms with Gasteiger partial charge < -0.3 is 5.73 Å². The Morgan fingerprint density at radius 2 is 1.88 bits per heavy atom. The Morgan fingerprint density at radius 1 is 1.24 bits per heavy atom. The Labute approximate surface area is 101 Å². The van der Waals surface area contributed by atoms with E-state index in [-0.39, 0.29) is 11.2 Å². The Hall–Kier alpha value is -0.960. The number of halogens is 2. The zero-order valence-corrected chi connectivity index (χ0v) is 10.2. The van der Waals surface area contributed by atoms with Gasteiger partial charge in [0.25, 0.3) is 0 Å². The highest BCUT2D eigenvalue weighted by molar-refractivity contribution is 5.28. The van der Waals surface area contributed by atoms with Crippen LogP contribution in [0.4, 0.5) is 8.78 Å². The quantitative estimate of drug-likeness (QED) is 0.841. The average Bonchev–Trinajstić information content (AvgIpc) is 2.30. The first-order valence-electron chi connectivity index (χ1n) is 6.13. The molecule has 17 heavy (non-hydrogen) atoms. The van der Waals surface area contributed by atoms with Gasteiger partial charge in [0.2, 0.25) is 0 Å². The summed E-state index contributed by atoms with van der Waals surface area (Å²) in [6.45, 7) is 2.09. The lowest BCUT2D eigenvalue weighted by Crippen LogP contribution is -2.42. The molecule has 0 heterocycles. The molecule has 0 aromatic heterocycles. The fraction of sp³-hybridized carbons (Fsp3) is 0.571. The van der Waals surface area contributed by atoms with Gasteiger partial charge in [0.15, 0.2) is 0 Å². The smallest absolute Gasteiger partial charge is 0.123 e. The standard InChI is InChI=1S/C14H19F2N/c1-13(16)5-7-14(10-17,8-6-13)11-3-2-4-12(15)9-11/h2-4,9H,5-8,10,17H2,1H3. The van der Waals surface area contributed by atoms with Gasteiger partial charge in [-0.05, 0) is 50.3 Å². The third kappa shape index (κ3) is 2.49. The molecule has 0 aliphatic heterocycles. The number of hydrogen-bond donors (Lipinski definition) is 1. The van der Waals surface area contributed by atoms with Crippen LogP contribution in [0, 0.1) is 5.82 Å². The van der Waals surface area contributed by atoms with Crippen molar-refractivity contribution in [3.8, 4) is 0 Å². The lowest BCUT2D eigenvalue weighted by atomic mass is 9.66. The highest BCUT2D eigenvalue weighted by Crippen LogP contribution is 2.44. The average molecular weight is 239 g/mol. The monoisotopic (exact) mass is 239 g/mol. The lowest BCUT2D eigenvalue weighted by molar-refractivity contribution is 0.0903. The van der Waals surface area contributed by atoms with E-state index in [0.29, 0.717) is 32.2 Å². The lowest BCUT2D eigenvalue weighted by Gasteiger charge is -2.41. The summed E-state index contributed by atoms with van der Waals surface area (Å²) in [7, 11) is 0. The second-order valence-electron chi connectivity index (χ2n) is 5.41. The van der Waals surface area contributed by atoms with Crippen LogP contribution >= 0.6 is 0 Å². The molecular formula is C14H19F2N. The third-order valence-corrected chi connectivity index (χ3v) is 4.08. The largest absolute Gasteiger partial charge is 0.330 e. The van der Waals surface area contributed by atoms with Crippen LogP contribution in [-0.2, 0) is 5.41 Å². The van der Waals surface area contributed by atoms with E-state index >= 15 is 0 Å². The number of nitrogens with two attached hydrogens (primary N) is 1. The van der Waals surface area contributed by atoms with Crippen LogP contribution in [0.5, 0.6) is 0 Å². The minimum atomic E-state index is -1.09. The summed E-state index contributed by atoms with van der Waals surface area (Å²) in [6, 6.07) is 6.56. The van der Waals surface area contributed by atoms with E-state index in [9.17, 15) is 8.78 Å². The molecule has 0 amide bonds. The summed E-state index contributed by atoms with van der Waals surface area (Å²) >= 11 is 0. The normalized spacial score (nSPS) is 33.6. The van der Waals surface area contributed by atoms with Gasteiger partial charge in [0.1, 0.15) is 11.5 Å². The van der Waals surface area contributed by atoms with Crippen molar-refractivity contribution < 1.29 is 8.78 Å². The fourth-order valence-electron chi connectivity index (χ4n) is 2.68. The van der Waals surface area contributed by atoms with Gasteiger partial charge in [-0.15, -0.1) is 0 Å². The molecule has 2 rings (SSSR count). The summed E-state index contributed by atoms with van der Waals surface area (Å²) in [6.07, 6.45) is 2.39. The van der Waals surface area contributed by atoms with Gasteiger partial charge >= 0.3 is 0 Å². The predicted molar refractivity (Wildman–Crippen MR) is 65.1 cm³/mol. The van der Waals surface area contributed by atoms with Crippen LogP contribution in [-0.4, -0.2) is 12.2 Å². The maximum Gasteiger partial charge on any atom is 0.123 e. The molecule has 0 bridgehead atoms. The second-order valence-corrected chi connectivity index (χ2v) is 5.41. The van der Waals surface area contributed by atoms with Crippen LogP contribution in [0.2, 0.25) is 0 Å². The van der Waals surface area contributed by atoms with Crippen molar-refractivity contribution in [2.24, 2.45) is 5.73 Å². The zero-order valence-electron chi connectivity index (χ0n) is 10.2. The minimum absolute atomic E-state index is 0.242. The van der Waals surface area contributed by atoms with Gasteiger partial charge in [-0.3, -0.25) is 0 Å². The van der Waals surface area contributed by atoms with Crippen molar-refractivity contribution in [1.82, 2.24) is 0 Å². The Kier molecular flexibility index (Phi) is 3.21. The molecule has 1 aromatic carbocycles. The minimum Gasteiger partial charge on any atom is -0.330 e. The molecule has 0 spiro atoms. The van der Waals surface area contributed by atoms with Gasteiger partial charge in [-0.25, -0.2) is 8.78 Å². The highest BCUT2D eigenvalue weighted by Gasteiger charge is 2.40. The summed E-state index contributed by atoms with van der Waals surface area (Å²) in [5.74, 6) is -0.246. The first-order valence-corrected chi connectivity index (χ1v) is 6.13. The maximum atomic E-state index is 13.8. The molecule has 0 unspecified atom stereocenters. The molecule has 2 N–H and O–H groups in total. The van der Waals surface area contributed by atoms with Gasteiger partial charge in [0, 0.05) is 12.0 Å². The van der Waals surface area contributed by atoms with Crippen molar-refractivity contribution >= 4 is 0 Å². The molecule has 0 saturated heterocycles. The van der Waals surface area contributed by atoms with E-state index in [4.69, 9.17) is 5.73 Å². The second kappa shape index (κ2) is 4.37. The molecule has 1 fully saturated rings. The van der Waals surface area contributed by atoms with Crippen molar-refractivity contribution in [3.63, 3.8) is 0 Å². The van der Waals surface area contributed by atoms with Gasteiger partial charge in [-0.2, -0.15) is 0 Å². The maximum absolute atomic E-state index is 13.8. The van der Waals surface area contributed by atoms with E-state index in [1.165, 1.54) is 12.1 Å². The number of alkyl halides is 1. The summed E-state index contributed by atoms with van der Waals surface area (Å²) in [4.78, 5) is 0. The Bertz CT molecular complexity index is 391. The molecule has 1 aliphatic rings. The molecule has 0 atom stereocenters. The van der Waals surface area contributed by atoms with Crippen LogP contribution in [0.1, 0.15) is 38.2 Å². The summed E-state index contributed by atoms with van der Waals surface area (Å²) < 4.78 is 27.1. The number of hydrogen-bond acceptors (Lipinski definition) is 1. The Balaban J connectivity index is 2.27. The molecule has 1 saturated carbocycles. The molecule has 1 nitrogen and oxygen atoms in total. The van der Waals surface area contributed by atoms with E-state index in [0.717, 1.165) is 5.56 Å². The van der Waals surface area contributed by atoms with Gasteiger partial charge in [-0.1, -0.05) is 12.1 Å². The first kappa shape index (κ1) is 12.5. The predicted octanol–water partition coefficient (Wildman–Crippen LogP) is 3.32. The Morgan fingerprint density at radius 3 is 2.41 bits per heavy atom. The van der Waals surface area contributed by atoms with Crippen molar-refractivity contribution in [3.05, 3.63) is 35.6 Å². The molecule has 3 heteroatoms. The zero-order chi connectivity index (χ0) is 12.5. The summed E-state index contributed by atoms with van der Waals surface area (Å²) in [5.41, 5.74) is 5.44. The van der Waals surface area contributed by atoms with Crippen LogP contribution < -0.4 is 5.73 Å². The van der Waals surface area contributed by atoms with Gasteiger partial charge in [0.05, 0.1) is 0 Å². The first-order chi connectivity index (χ1) is 7.97. The molecule has 1 aromatic rings. The van der Waals surface area contributed by atoms with Crippen LogP contribution in [0.25, 0.3) is 0 Å². The number of benzene rings is 1. The van der Waals surface area contributed by atoms with Crippen LogP contribution in [0.15, 0.2) is 24.3 Å². The SMILES string of the molecule is CC1(F)CCC(CN)(c2cccc(F)c2)CC1. The molecule has 1 aliphatic carbocycles. The summed E-state index contributed by atoms with van der Waals surface area (Å²) in [5, 5.41) is 0. The van der Waals surface area contributed by atoms with E-state index in [1.54, 1.807) is 13.0 Å². The molecule has 0 radical (unpaired) electrons. The van der Waals surface area contributed by atoms with Crippen molar-refractivity contribution in [1.29, 1.82) is 0 Å². The third-order valence-electron chi connectivity index (χ3n) is 4.08. The highest BCUT2D eigenvalue weighted by atomic mass is 19.1. The topological polar surface area (TPSA) is 26.0 Å². The van der Waals surface area contributed by atoms with Crippen molar-refractivity contribution in [2.45, 2.75) is 43.7 Å². The van der Waals surface area contributed by atoms with E-state index in [2.05, 4.69) is 0 Å². The van der Waals surface area contributed by atoms with Crippen molar-refractivity contribution in [2.75, 3.05) is 6.54 Å². The van der Waals surface area contributed by atoms with E-state index in [1.807, 2.05) is 6.07 Å². The number of rotatable bonds is 2.